The van der Waals surface area contributed by atoms with Crippen molar-refractivity contribution < 1.29 is 4.74 Å². The normalized spacial score (nSPS) is 26.7. The quantitative estimate of drug-likeness (QED) is 0.634. The number of nitrogens with one attached hydrogen (secondary N) is 1. The number of rotatable bonds is 9. The molecule has 0 radical (unpaired) electrons. The van der Waals surface area contributed by atoms with E-state index in [1.54, 1.807) is 0 Å². The average molecular weight is 298 g/mol. The van der Waals surface area contributed by atoms with Gasteiger partial charge >= 0.3 is 0 Å². The SMILES string of the molecule is CCCCC(CC)C(NCCC)C1CC(C)(C)OC1(C)C. The third-order valence-corrected chi connectivity index (χ3v) is 5.17. The smallest absolute Gasteiger partial charge is 0.0677 e. The van der Waals surface area contributed by atoms with Gasteiger partial charge < -0.3 is 10.1 Å². The third-order valence-electron chi connectivity index (χ3n) is 5.17. The molecule has 0 aliphatic carbocycles. The second-order valence-electron chi connectivity index (χ2n) is 8.07. The van der Waals surface area contributed by atoms with E-state index < -0.39 is 0 Å². The summed E-state index contributed by atoms with van der Waals surface area (Å²) in [5.41, 5.74) is -0.00208. The summed E-state index contributed by atoms with van der Waals surface area (Å²) < 4.78 is 6.37. The Kier molecular flexibility index (Phi) is 7.19. The van der Waals surface area contributed by atoms with E-state index in [4.69, 9.17) is 4.74 Å². The van der Waals surface area contributed by atoms with Crippen LogP contribution in [0, 0.1) is 11.8 Å². The second-order valence-corrected chi connectivity index (χ2v) is 8.07. The van der Waals surface area contributed by atoms with E-state index in [-0.39, 0.29) is 11.2 Å². The van der Waals surface area contributed by atoms with Crippen molar-refractivity contribution in [2.24, 2.45) is 11.8 Å². The van der Waals surface area contributed by atoms with Crippen LogP contribution in [0.2, 0.25) is 0 Å². The Morgan fingerprint density at radius 3 is 2.19 bits per heavy atom. The molecule has 3 atom stereocenters. The summed E-state index contributed by atoms with van der Waals surface area (Å²) in [6.07, 6.45) is 7.64. The van der Waals surface area contributed by atoms with Crippen molar-refractivity contribution in [3.63, 3.8) is 0 Å². The maximum absolute atomic E-state index is 6.37. The van der Waals surface area contributed by atoms with Crippen LogP contribution >= 0.6 is 0 Å². The molecular formula is C19H39NO. The highest BCUT2D eigenvalue weighted by atomic mass is 16.5. The molecule has 0 aromatic rings. The summed E-state index contributed by atoms with van der Waals surface area (Å²) in [7, 11) is 0. The first kappa shape index (κ1) is 19.0. The lowest BCUT2D eigenvalue weighted by atomic mass is 9.74. The molecule has 0 saturated carbocycles. The van der Waals surface area contributed by atoms with Crippen molar-refractivity contribution in [1.82, 2.24) is 5.32 Å². The standard InChI is InChI=1S/C19H39NO/c1-8-11-12-15(10-3)17(20-13-9-2)16-14-18(4,5)21-19(16,6)7/h15-17,20H,8-14H2,1-7H3. The predicted octanol–water partition coefficient (Wildman–Crippen LogP) is 5.16. The molecule has 1 rings (SSSR count). The molecule has 2 nitrogen and oxygen atoms in total. The largest absolute Gasteiger partial charge is 0.369 e. The lowest BCUT2D eigenvalue weighted by Crippen LogP contribution is -2.48. The molecule has 126 valence electrons. The van der Waals surface area contributed by atoms with Gasteiger partial charge in [-0.25, -0.2) is 0 Å². The van der Waals surface area contributed by atoms with Crippen LogP contribution in [0.15, 0.2) is 0 Å². The maximum atomic E-state index is 6.37. The highest BCUT2D eigenvalue weighted by molar-refractivity contribution is 5.01. The van der Waals surface area contributed by atoms with Gasteiger partial charge in [-0.15, -0.1) is 0 Å². The van der Waals surface area contributed by atoms with Gasteiger partial charge in [0.05, 0.1) is 11.2 Å². The predicted molar refractivity (Wildman–Crippen MR) is 92.7 cm³/mol. The highest BCUT2D eigenvalue weighted by Crippen LogP contribution is 2.45. The molecule has 0 bridgehead atoms. The van der Waals surface area contributed by atoms with Crippen LogP contribution in [0.3, 0.4) is 0 Å². The molecule has 0 aromatic carbocycles. The zero-order valence-corrected chi connectivity index (χ0v) is 15.6. The van der Waals surface area contributed by atoms with Gasteiger partial charge in [-0.1, -0.05) is 40.0 Å². The molecule has 1 N–H and O–H groups in total. The van der Waals surface area contributed by atoms with Crippen LogP contribution in [0.4, 0.5) is 0 Å². The van der Waals surface area contributed by atoms with Gasteiger partial charge in [0.2, 0.25) is 0 Å². The van der Waals surface area contributed by atoms with Crippen molar-refractivity contribution in [2.75, 3.05) is 6.54 Å². The van der Waals surface area contributed by atoms with Crippen LogP contribution in [-0.4, -0.2) is 23.8 Å². The van der Waals surface area contributed by atoms with Gasteiger partial charge in [-0.05, 0) is 59.4 Å². The summed E-state index contributed by atoms with van der Waals surface area (Å²) in [5, 5.41) is 3.88. The Balaban J connectivity index is 2.89. The fraction of sp³-hybridized carbons (Fsp3) is 1.00. The van der Waals surface area contributed by atoms with E-state index in [2.05, 4.69) is 53.8 Å². The summed E-state index contributed by atoms with van der Waals surface area (Å²) in [4.78, 5) is 0. The van der Waals surface area contributed by atoms with E-state index in [0.717, 1.165) is 12.5 Å². The molecule has 0 spiro atoms. The minimum Gasteiger partial charge on any atom is -0.369 e. The van der Waals surface area contributed by atoms with E-state index >= 15 is 0 Å². The average Bonchev–Trinajstić information content (AvgIpc) is 2.61. The summed E-state index contributed by atoms with van der Waals surface area (Å²) in [6, 6.07) is 0.596. The van der Waals surface area contributed by atoms with Crippen molar-refractivity contribution in [3.05, 3.63) is 0 Å². The Morgan fingerprint density at radius 1 is 1.10 bits per heavy atom. The van der Waals surface area contributed by atoms with Crippen molar-refractivity contribution in [2.45, 2.75) is 104 Å². The molecule has 1 aliphatic heterocycles. The third kappa shape index (κ3) is 5.25. The molecule has 2 heteroatoms. The van der Waals surface area contributed by atoms with E-state index in [1.165, 1.54) is 38.5 Å². The first-order valence-corrected chi connectivity index (χ1v) is 9.21. The van der Waals surface area contributed by atoms with E-state index in [9.17, 15) is 0 Å². The van der Waals surface area contributed by atoms with Gasteiger partial charge in [0.25, 0.3) is 0 Å². The molecule has 0 aromatic heterocycles. The second kappa shape index (κ2) is 7.97. The van der Waals surface area contributed by atoms with Crippen LogP contribution in [-0.2, 0) is 4.74 Å². The number of unbranched alkanes of at least 4 members (excludes halogenated alkanes) is 1. The lowest BCUT2D eigenvalue weighted by Gasteiger charge is -2.38. The maximum Gasteiger partial charge on any atom is 0.0677 e. The topological polar surface area (TPSA) is 21.3 Å². The van der Waals surface area contributed by atoms with Gasteiger partial charge in [-0.3, -0.25) is 0 Å². The van der Waals surface area contributed by atoms with Gasteiger partial charge in [-0.2, -0.15) is 0 Å². The molecule has 0 amide bonds. The first-order chi connectivity index (χ1) is 9.77. The zero-order valence-electron chi connectivity index (χ0n) is 15.6. The summed E-state index contributed by atoms with van der Waals surface area (Å²) >= 11 is 0. The van der Waals surface area contributed by atoms with Crippen molar-refractivity contribution >= 4 is 0 Å². The Bertz CT molecular complexity index is 298. The molecular weight excluding hydrogens is 258 g/mol. The number of ether oxygens (including phenoxy) is 1. The summed E-state index contributed by atoms with van der Waals surface area (Å²) in [6.45, 7) is 17.1. The van der Waals surface area contributed by atoms with Crippen LogP contribution in [0.1, 0.15) is 87.0 Å². The van der Waals surface area contributed by atoms with E-state index in [1.807, 2.05) is 0 Å². The van der Waals surface area contributed by atoms with Gasteiger partial charge in [0, 0.05) is 12.0 Å². The highest BCUT2D eigenvalue weighted by Gasteiger charge is 2.50. The molecule has 1 fully saturated rings. The first-order valence-electron chi connectivity index (χ1n) is 9.21. The van der Waals surface area contributed by atoms with Crippen LogP contribution < -0.4 is 5.32 Å². The summed E-state index contributed by atoms with van der Waals surface area (Å²) in [5.74, 6) is 1.39. The monoisotopic (exact) mass is 297 g/mol. The molecule has 3 unspecified atom stereocenters. The Labute approximate surface area is 133 Å². The Hall–Kier alpha value is -0.0800. The molecule has 1 heterocycles. The van der Waals surface area contributed by atoms with Crippen LogP contribution in [0.25, 0.3) is 0 Å². The fourth-order valence-electron chi connectivity index (χ4n) is 4.22. The molecule has 21 heavy (non-hydrogen) atoms. The molecule has 1 saturated heterocycles. The van der Waals surface area contributed by atoms with Crippen molar-refractivity contribution in [1.29, 1.82) is 0 Å². The van der Waals surface area contributed by atoms with Crippen molar-refractivity contribution in [3.8, 4) is 0 Å². The zero-order chi connectivity index (χ0) is 16.1. The van der Waals surface area contributed by atoms with Gasteiger partial charge in [0.15, 0.2) is 0 Å². The number of hydrogen-bond acceptors (Lipinski definition) is 2. The Morgan fingerprint density at radius 2 is 1.76 bits per heavy atom. The number of hydrogen-bond donors (Lipinski definition) is 1. The van der Waals surface area contributed by atoms with E-state index in [0.29, 0.717) is 12.0 Å². The minimum absolute atomic E-state index is 0.0172. The minimum atomic E-state index is -0.0193. The van der Waals surface area contributed by atoms with Crippen LogP contribution in [0.5, 0.6) is 0 Å². The molecule has 1 aliphatic rings. The fourth-order valence-corrected chi connectivity index (χ4v) is 4.22. The van der Waals surface area contributed by atoms with Gasteiger partial charge in [0.1, 0.15) is 0 Å². The lowest BCUT2D eigenvalue weighted by molar-refractivity contribution is -0.0798.